The zero-order valence-corrected chi connectivity index (χ0v) is 16.8. The molecule has 5 atom stereocenters. The minimum atomic E-state index is -1.60. The van der Waals surface area contributed by atoms with Crippen molar-refractivity contribution in [3.05, 3.63) is 71.8 Å². The van der Waals surface area contributed by atoms with E-state index in [0.29, 0.717) is 5.56 Å². The number of rotatable bonds is 6. The van der Waals surface area contributed by atoms with E-state index in [1.165, 1.54) is 7.11 Å². The van der Waals surface area contributed by atoms with E-state index in [9.17, 15) is 9.18 Å². The van der Waals surface area contributed by atoms with Crippen LogP contribution in [0.2, 0.25) is 0 Å². The average Bonchev–Trinajstić information content (AvgIpc) is 2.71. The summed E-state index contributed by atoms with van der Waals surface area (Å²) in [5.74, 6) is -0.553. The fourth-order valence-corrected chi connectivity index (χ4v) is 3.64. The first kappa shape index (κ1) is 20.2. The molecule has 1 saturated heterocycles. The van der Waals surface area contributed by atoms with E-state index in [4.69, 9.17) is 18.9 Å². The minimum Gasteiger partial charge on any atom is -0.452 e. The highest BCUT2D eigenvalue weighted by Gasteiger charge is 2.49. The molecule has 27 heavy (non-hydrogen) atoms. The van der Waals surface area contributed by atoms with Crippen molar-refractivity contribution < 1.29 is 28.1 Å². The van der Waals surface area contributed by atoms with Crippen LogP contribution >= 0.6 is 22.6 Å². The number of carbonyl (C=O) groups is 1. The highest BCUT2D eigenvalue weighted by Crippen LogP contribution is 2.32. The van der Waals surface area contributed by atoms with Crippen LogP contribution in [-0.2, 0) is 25.6 Å². The van der Waals surface area contributed by atoms with E-state index in [1.807, 2.05) is 52.9 Å². The van der Waals surface area contributed by atoms with Crippen LogP contribution in [0.5, 0.6) is 0 Å². The van der Waals surface area contributed by atoms with Crippen LogP contribution in [0.15, 0.2) is 60.7 Å². The van der Waals surface area contributed by atoms with Gasteiger partial charge in [-0.25, -0.2) is 9.18 Å². The van der Waals surface area contributed by atoms with Gasteiger partial charge in [-0.2, -0.15) is 0 Å². The third-order valence-corrected chi connectivity index (χ3v) is 5.19. The summed E-state index contributed by atoms with van der Waals surface area (Å²) < 4.78 is 36.3. The zero-order valence-electron chi connectivity index (χ0n) is 14.7. The van der Waals surface area contributed by atoms with Gasteiger partial charge >= 0.3 is 5.97 Å². The zero-order chi connectivity index (χ0) is 19.2. The van der Waals surface area contributed by atoms with E-state index in [0.717, 1.165) is 5.56 Å². The molecule has 5 nitrogen and oxygen atoms in total. The fourth-order valence-electron chi connectivity index (χ4n) is 2.79. The molecule has 1 aliphatic rings. The van der Waals surface area contributed by atoms with Crippen molar-refractivity contribution in [2.24, 2.45) is 0 Å². The Morgan fingerprint density at radius 1 is 1.07 bits per heavy atom. The van der Waals surface area contributed by atoms with Crippen molar-refractivity contribution in [1.29, 1.82) is 0 Å². The van der Waals surface area contributed by atoms with Crippen LogP contribution in [0.4, 0.5) is 4.39 Å². The monoisotopic (exact) mass is 486 g/mol. The van der Waals surface area contributed by atoms with E-state index >= 15 is 0 Å². The molecular formula is C20H20FIO5. The van der Waals surface area contributed by atoms with Crippen molar-refractivity contribution in [3.8, 4) is 0 Å². The number of esters is 1. The van der Waals surface area contributed by atoms with Crippen LogP contribution in [-0.4, -0.2) is 41.9 Å². The van der Waals surface area contributed by atoms with E-state index < -0.39 is 34.7 Å². The van der Waals surface area contributed by atoms with Crippen molar-refractivity contribution in [2.45, 2.75) is 35.4 Å². The quantitative estimate of drug-likeness (QED) is 0.353. The second-order valence-electron chi connectivity index (χ2n) is 6.03. The Balaban J connectivity index is 1.76. The summed E-state index contributed by atoms with van der Waals surface area (Å²) in [5.41, 5.74) is 1.27. The molecule has 0 radical (unpaired) electrons. The van der Waals surface area contributed by atoms with Gasteiger partial charge in [0, 0.05) is 7.11 Å². The second kappa shape index (κ2) is 9.59. The van der Waals surface area contributed by atoms with E-state index in [-0.39, 0.29) is 6.61 Å². The van der Waals surface area contributed by atoms with Crippen molar-refractivity contribution in [1.82, 2.24) is 0 Å². The number of methoxy groups -OCH3 is 1. The molecular weight excluding hydrogens is 466 g/mol. The summed E-state index contributed by atoms with van der Waals surface area (Å²) >= 11 is 1.96. The molecule has 0 saturated carbocycles. The normalized spacial score (nSPS) is 27.9. The minimum absolute atomic E-state index is 0.186. The van der Waals surface area contributed by atoms with Crippen LogP contribution < -0.4 is 0 Å². The molecule has 7 heteroatoms. The Morgan fingerprint density at radius 3 is 2.33 bits per heavy atom. The van der Waals surface area contributed by atoms with E-state index in [2.05, 4.69) is 0 Å². The van der Waals surface area contributed by atoms with Gasteiger partial charge in [0.1, 0.15) is 6.10 Å². The van der Waals surface area contributed by atoms with Gasteiger partial charge < -0.3 is 18.9 Å². The first-order valence-electron chi connectivity index (χ1n) is 8.48. The molecule has 1 aliphatic heterocycles. The van der Waals surface area contributed by atoms with Gasteiger partial charge in [0.05, 0.1) is 12.2 Å². The Hall–Kier alpha value is -1.55. The van der Waals surface area contributed by atoms with Gasteiger partial charge in [-0.1, -0.05) is 48.5 Å². The maximum atomic E-state index is 14.9. The van der Waals surface area contributed by atoms with Gasteiger partial charge in [-0.3, -0.25) is 0 Å². The summed E-state index contributed by atoms with van der Waals surface area (Å²) in [7, 11) is 1.37. The van der Waals surface area contributed by atoms with Crippen LogP contribution in [0.25, 0.3) is 0 Å². The number of hydrogen-bond donors (Lipinski definition) is 0. The van der Waals surface area contributed by atoms with Crippen molar-refractivity contribution in [3.63, 3.8) is 0 Å². The molecule has 1 unspecified atom stereocenters. The predicted molar refractivity (Wildman–Crippen MR) is 105 cm³/mol. The first-order valence-corrected chi connectivity index (χ1v) is 9.72. The molecule has 0 bridgehead atoms. The van der Waals surface area contributed by atoms with Gasteiger partial charge in [0.25, 0.3) is 0 Å². The van der Waals surface area contributed by atoms with Gasteiger partial charge in [-0.15, -0.1) is 0 Å². The summed E-state index contributed by atoms with van der Waals surface area (Å²) in [6.07, 6.45) is -4.61. The summed E-state index contributed by atoms with van der Waals surface area (Å²) in [5, 5.41) is 0. The van der Waals surface area contributed by atoms with Gasteiger partial charge in [-0.05, 0) is 40.3 Å². The summed E-state index contributed by atoms with van der Waals surface area (Å²) in [6, 6.07) is 18.0. The molecule has 144 valence electrons. The topological polar surface area (TPSA) is 54.0 Å². The number of halogens is 2. The Morgan fingerprint density at radius 2 is 1.70 bits per heavy atom. The van der Waals surface area contributed by atoms with Gasteiger partial charge in [0.15, 0.2) is 22.7 Å². The smallest absolute Gasteiger partial charge is 0.338 e. The fraction of sp³-hybridized carbons (Fsp3) is 0.350. The number of ether oxygens (including phenoxy) is 4. The lowest BCUT2D eigenvalue weighted by Gasteiger charge is -2.40. The molecule has 2 aromatic carbocycles. The molecule has 1 heterocycles. The van der Waals surface area contributed by atoms with E-state index in [1.54, 1.807) is 30.3 Å². The number of alkyl halides is 2. The molecule has 1 fully saturated rings. The highest BCUT2D eigenvalue weighted by atomic mass is 127. The van der Waals surface area contributed by atoms with Crippen LogP contribution in [0.3, 0.4) is 0 Å². The molecule has 0 amide bonds. The standard InChI is InChI=1S/C20H20FIO5/c1-24-20-15(21)16(25-12-13-8-4-2-5-9-13)17(18(22)27-20)26-19(23)14-10-6-3-7-11-14/h2-11,15-18,20H,12H2,1H3/t15-,16-,17+,18+,20?/m1/s1. The van der Waals surface area contributed by atoms with Crippen LogP contribution in [0.1, 0.15) is 15.9 Å². The molecule has 0 aliphatic carbocycles. The maximum Gasteiger partial charge on any atom is 0.338 e. The predicted octanol–water partition coefficient (Wildman–Crippen LogP) is 3.90. The summed E-state index contributed by atoms with van der Waals surface area (Å²) in [6.45, 7) is 0.186. The average molecular weight is 486 g/mol. The molecule has 0 spiro atoms. The largest absolute Gasteiger partial charge is 0.452 e. The Labute approximate surface area is 170 Å². The maximum absolute atomic E-state index is 14.9. The van der Waals surface area contributed by atoms with Crippen LogP contribution in [0, 0.1) is 0 Å². The molecule has 3 rings (SSSR count). The number of hydrogen-bond acceptors (Lipinski definition) is 5. The number of benzene rings is 2. The lowest BCUT2D eigenvalue weighted by atomic mass is 10.1. The second-order valence-corrected chi connectivity index (χ2v) is 7.26. The number of carbonyl (C=O) groups excluding carboxylic acids is 1. The molecule has 2 aromatic rings. The van der Waals surface area contributed by atoms with Crippen molar-refractivity contribution >= 4 is 28.6 Å². The molecule has 0 aromatic heterocycles. The third kappa shape index (κ3) is 5.04. The SMILES string of the molecule is COC1O[C@H](I)[C@@H](OC(=O)c2ccccc2)[C@H](OCc2ccccc2)[C@H]1F. The lowest BCUT2D eigenvalue weighted by molar-refractivity contribution is -0.259. The van der Waals surface area contributed by atoms with Gasteiger partial charge in [0.2, 0.25) is 0 Å². The Bertz CT molecular complexity index is 730. The Kier molecular flexibility index (Phi) is 7.17. The first-order chi connectivity index (χ1) is 13.1. The lowest BCUT2D eigenvalue weighted by Crippen LogP contribution is -2.57. The highest BCUT2D eigenvalue weighted by molar-refractivity contribution is 14.1. The third-order valence-electron chi connectivity index (χ3n) is 4.19. The van der Waals surface area contributed by atoms with Crippen molar-refractivity contribution in [2.75, 3.05) is 7.11 Å². The summed E-state index contributed by atoms with van der Waals surface area (Å²) in [4.78, 5) is 12.4. The molecule has 0 N–H and O–H groups in total.